The summed E-state index contributed by atoms with van der Waals surface area (Å²) < 4.78 is 15.0. The third-order valence-electron chi connectivity index (χ3n) is 4.48. The number of thiophene rings is 1. The molecule has 0 aromatic carbocycles. The molecule has 1 fully saturated rings. The lowest BCUT2D eigenvalue weighted by Crippen LogP contribution is -2.48. The van der Waals surface area contributed by atoms with Crippen LogP contribution in [0.2, 0.25) is 5.02 Å². The topological polar surface area (TPSA) is 45.2 Å². The van der Waals surface area contributed by atoms with Crippen molar-refractivity contribution in [3.05, 3.63) is 50.9 Å². The molecule has 1 aliphatic heterocycles. The Morgan fingerprint density at radius 1 is 1.40 bits per heavy atom. The van der Waals surface area contributed by atoms with Crippen LogP contribution < -0.4 is 5.32 Å². The van der Waals surface area contributed by atoms with E-state index in [1.807, 2.05) is 25.3 Å². The fourth-order valence-corrected chi connectivity index (χ4v) is 4.00. The molecule has 0 aliphatic carbocycles. The van der Waals surface area contributed by atoms with Gasteiger partial charge in [-0.3, -0.25) is 9.78 Å². The number of amides is 1. The second-order valence-electron chi connectivity index (χ2n) is 6.47. The van der Waals surface area contributed by atoms with Crippen molar-refractivity contribution in [2.45, 2.75) is 32.0 Å². The summed E-state index contributed by atoms with van der Waals surface area (Å²) in [6, 6.07) is 5.65. The number of alkyl halides is 1. The van der Waals surface area contributed by atoms with Crippen molar-refractivity contribution in [2.75, 3.05) is 19.6 Å². The number of carbonyl (C=O) groups is 1. The Kier molecular flexibility index (Phi) is 5.71. The van der Waals surface area contributed by atoms with Gasteiger partial charge in [0.25, 0.3) is 5.91 Å². The summed E-state index contributed by atoms with van der Waals surface area (Å²) in [5, 5.41) is 5.42. The molecule has 0 bridgehead atoms. The summed E-state index contributed by atoms with van der Waals surface area (Å²) in [5.41, 5.74) is 0.712. The molecular weight excluding hydrogens is 361 g/mol. The summed E-state index contributed by atoms with van der Waals surface area (Å²) in [4.78, 5) is 19.0. The van der Waals surface area contributed by atoms with Gasteiger partial charge in [-0.1, -0.05) is 17.7 Å². The van der Waals surface area contributed by atoms with E-state index in [1.54, 1.807) is 16.3 Å². The number of piperidine rings is 1. The molecule has 0 radical (unpaired) electrons. The van der Waals surface area contributed by atoms with Gasteiger partial charge in [0.05, 0.1) is 10.7 Å². The predicted molar refractivity (Wildman–Crippen MR) is 99.0 cm³/mol. The molecule has 1 saturated heterocycles. The zero-order valence-electron chi connectivity index (χ0n) is 14.1. The highest BCUT2D eigenvalue weighted by Gasteiger charge is 2.36. The minimum atomic E-state index is -1.29. The van der Waals surface area contributed by atoms with E-state index < -0.39 is 5.67 Å². The maximum atomic E-state index is 15.0. The quantitative estimate of drug-likeness (QED) is 0.855. The largest absolute Gasteiger partial charge is 0.338 e. The van der Waals surface area contributed by atoms with Gasteiger partial charge >= 0.3 is 0 Å². The van der Waals surface area contributed by atoms with E-state index in [9.17, 15) is 9.18 Å². The number of hydrogen-bond acceptors (Lipinski definition) is 4. The van der Waals surface area contributed by atoms with Gasteiger partial charge in [0.15, 0.2) is 0 Å². The maximum absolute atomic E-state index is 15.0. The first kappa shape index (κ1) is 18.3. The summed E-state index contributed by atoms with van der Waals surface area (Å²) in [7, 11) is 0. The number of hydrogen-bond donors (Lipinski definition) is 1. The lowest BCUT2D eigenvalue weighted by molar-refractivity contribution is 0.0438. The Morgan fingerprint density at radius 3 is 2.76 bits per heavy atom. The van der Waals surface area contributed by atoms with Crippen LogP contribution in [0.1, 0.15) is 33.8 Å². The van der Waals surface area contributed by atoms with Crippen molar-refractivity contribution < 1.29 is 9.18 Å². The Labute approximate surface area is 156 Å². The fraction of sp³-hybridized carbons (Fsp3) is 0.444. The van der Waals surface area contributed by atoms with E-state index in [2.05, 4.69) is 10.3 Å². The van der Waals surface area contributed by atoms with Crippen molar-refractivity contribution in [3.63, 3.8) is 0 Å². The standard InChI is InChI=1S/C18H21ClFN3OS/c1-13-2-3-14(22-10-13)11-21-12-18(20)5-7-23(8-6-18)17(24)16-15(19)4-9-25-16/h2-4,9-10,21H,5-8,11-12H2,1H3. The number of aryl methyl sites for hydroxylation is 1. The van der Waals surface area contributed by atoms with Crippen molar-refractivity contribution in [3.8, 4) is 0 Å². The third-order valence-corrected chi connectivity index (χ3v) is 5.81. The second-order valence-corrected chi connectivity index (χ2v) is 7.79. The Hall–Kier alpha value is -1.50. The Bertz CT molecular complexity index is 726. The van der Waals surface area contributed by atoms with E-state index in [0.717, 1.165) is 11.3 Å². The molecule has 1 aliphatic rings. The molecular formula is C18H21ClFN3OS. The monoisotopic (exact) mass is 381 g/mol. The normalized spacial score (nSPS) is 16.8. The van der Waals surface area contributed by atoms with Crippen molar-refractivity contribution in [2.24, 2.45) is 0 Å². The molecule has 2 aromatic heterocycles. The SMILES string of the molecule is Cc1ccc(CNCC2(F)CCN(C(=O)c3sccc3Cl)CC2)nc1. The minimum Gasteiger partial charge on any atom is -0.338 e. The van der Waals surface area contributed by atoms with Crippen molar-refractivity contribution >= 4 is 28.8 Å². The van der Waals surface area contributed by atoms with Crippen molar-refractivity contribution in [1.29, 1.82) is 0 Å². The summed E-state index contributed by atoms with van der Waals surface area (Å²) in [5.74, 6) is -0.0983. The predicted octanol–water partition coefficient (Wildman–Crippen LogP) is 3.84. The molecule has 134 valence electrons. The van der Waals surface area contributed by atoms with Crippen LogP contribution >= 0.6 is 22.9 Å². The van der Waals surface area contributed by atoms with E-state index in [-0.39, 0.29) is 12.5 Å². The number of likely N-dealkylation sites (tertiary alicyclic amines) is 1. The van der Waals surface area contributed by atoms with Crippen LogP contribution in [0.15, 0.2) is 29.8 Å². The number of carbonyl (C=O) groups excluding carboxylic acids is 1. The van der Waals surface area contributed by atoms with E-state index in [1.165, 1.54) is 11.3 Å². The number of halogens is 2. The van der Waals surface area contributed by atoms with Crippen LogP contribution in [0.25, 0.3) is 0 Å². The maximum Gasteiger partial charge on any atom is 0.265 e. The summed E-state index contributed by atoms with van der Waals surface area (Å²) in [6.45, 7) is 3.62. The summed E-state index contributed by atoms with van der Waals surface area (Å²) >= 11 is 7.35. The van der Waals surface area contributed by atoms with Crippen LogP contribution in [-0.4, -0.2) is 41.1 Å². The number of aromatic nitrogens is 1. The molecule has 0 spiro atoms. The molecule has 7 heteroatoms. The summed E-state index contributed by atoms with van der Waals surface area (Å²) in [6.07, 6.45) is 2.47. The number of rotatable bonds is 5. The molecule has 0 unspecified atom stereocenters. The molecule has 2 aromatic rings. The molecule has 3 rings (SSSR count). The number of nitrogens with one attached hydrogen (secondary N) is 1. The molecule has 3 heterocycles. The molecule has 4 nitrogen and oxygen atoms in total. The Morgan fingerprint density at radius 2 is 2.16 bits per heavy atom. The minimum absolute atomic E-state index is 0.0983. The third kappa shape index (κ3) is 4.57. The first-order chi connectivity index (χ1) is 12.0. The smallest absolute Gasteiger partial charge is 0.265 e. The van der Waals surface area contributed by atoms with Crippen LogP contribution in [0.3, 0.4) is 0 Å². The van der Waals surface area contributed by atoms with Crippen molar-refractivity contribution in [1.82, 2.24) is 15.2 Å². The van der Waals surface area contributed by atoms with Crippen LogP contribution in [0.5, 0.6) is 0 Å². The highest BCUT2D eigenvalue weighted by molar-refractivity contribution is 7.12. The first-order valence-corrected chi connectivity index (χ1v) is 9.56. The zero-order valence-corrected chi connectivity index (χ0v) is 15.7. The number of pyridine rings is 1. The molecule has 0 saturated carbocycles. The zero-order chi connectivity index (χ0) is 17.9. The van der Waals surface area contributed by atoms with Gasteiger partial charge in [-0.15, -0.1) is 11.3 Å². The van der Waals surface area contributed by atoms with E-state index >= 15 is 0 Å². The van der Waals surface area contributed by atoms with Gasteiger partial charge < -0.3 is 10.2 Å². The van der Waals surface area contributed by atoms with Gasteiger partial charge in [0.1, 0.15) is 10.5 Å². The van der Waals surface area contributed by atoms with E-state index in [4.69, 9.17) is 11.6 Å². The van der Waals surface area contributed by atoms with E-state index in [0.29, 0.717) is 42.4 Å². The second kappa shape index (κ2) is 7.81. The average Bonchev–Trinajstić information content (AvgIpc) is 3.03. The lowest BCUT2D eigenvalue weighted by Gasteiger charge is -2.36. The molecule has 1 N–H and O–H groups in total. The average molecular weight is 382 g/mol. The van der Waals surface area contributed by atoms with Gasteiger partial charge in [-0.2, -0.15) is 0 Å². The fourth-order valence-electron chi connectivity index (χ4n) is 2.89. The van der Waals surface area contributed by atoms with Gasteiger partial charge in [0.2, 0.25) is 0 Å². The molecule has 0 atom stereocenters. The van der Waals surface area contributed by atoms with Gasteiger partial charge in [-0.25, -0.2) is 4.39 Å². The van der Waals surface area contributed by atoms with Crippen LogP contribution in [0.4, 0.5) is 4.39 Å². The van der Waals surface area contributed by atoms with Gasteiger partial charge in [-0.05, 0) is 30.0 Å². The molecule has 25 heavy (non-hydrogen) atoms. The highest BCUT2D eigenvalue weighted by Crippen LogP contribution is 2.29. The van der Waals surface area contributed by atoms with Crippen LogP contribution in [0, 0.1) is 6.92 Å². The van der Waals surface area contributed by atoms with Gasteiger partial charge in [0, 0.05) is 45.2 Å². The Balaban J connectivity index is 1.48. The first-order valence-electron chi connectivity index (χ1n) is 8.30. The number of nitrogens with zero attached hydrogens (tertiary/aromatic N) is 2. The van der Waals surface area contributed by atoms with Crippen LogP contribution in [-0.2, 0) is 6.54 Å². The highest BCUT2D eigenvalue weighted by atomic mass is 35.5. The molecule has 1 amide bonds. The lowest BCUT2D eigenvalue weighted by atomic mass is 9.93.